The maximum absolute atomic E-state index is 4.88. The third kappa shape index (κ3) is 5.13. The van der Waals surface area contributed by atoms with Crippen LogP contribution >= 0.6 is 0 Å². The van der Waals surface area contributed by atoms with E-state index in [1.54, 1.807) is 12.4 Å². The van der Waals surface area contributed by atoms with Crippen LogP contribution in [0.15, 0.2) is 73.2 Å². The van der Waals surface area contributed by atoms with Crippen molar-refractivity contribution in [2.24, 2.45) is 0 Å². The molecule has 0 aliphatic rings. The first kappa shape index (κ1) is 29.2. The Morgan fingerprint density at radius 2 is 1.05 bits per heavy atom. The van der Waals surface area contributed by atoms with Crippen molar-refractivity contribution in [2.45, 2.75) is 62.3 Å². The maximum atomic E-state index is 4.88. The molecule has 5 heteroatoms. The van der Waals surface area contributed by atoms with E-state index in [0.29, 0.717) is 11.3 Å². The Bertz CT molecular complexity index is 1990. The maximum Gasteiger partial charge on any atom is 0.198 e. The van der Waals surface area contributed by atoms with Crippen LogP contribution in [0.1, 0.15) is 50.1 Å². The zero-order valence-electron chi connectivity index (χ0n) is 27.2. The molecule has 0 spiro atoms. The summed E-state index contributed by atoms with van der Waals surface area (Å²) < 4.78 is 0. The summed E-state index contributed by atoms with van der Waals surface area (Å²) in [5.41, 5.74) is 20.1. The van der Waals surface area contributed by atoms with E-state index >= 15 is 0 Å². The molecule has 0 amide bonds. The Morgan fingerprint density at radius 1 is 0.500 bits per heavy atom. The lowest BCUT2D eigenvalue weighted by Crippen LogP contribution is -2.17. The van der Waals surface area contributed by atoms with Crippen molar-refractivity contribution in [3.63, 3.8) is 0 Å². The van der Waals surface area contributed by atoms with Gasteiger partial charge in [0.25, 0.3) is 0 Å². The van der Waals surface area contributed by atoms with Crippen molar-refractivity contribution in [3.05, 3.63) is 123 Å². The van der Waals surface area contributed by atoms with E-state index in [9.17, 15) is 0 Å². The molecule has 0 N–H and O–H groups in total. The molecule has 2 heterocycles. The van der Waals surface area contributed by atoms with Gasteiger partial charge in [-0.1, -0.05) is 59.2 Å². The van der Waals surface area contributed by atoms with Gasteiger partial charge in [0.2, 0.25) is 0 Å². The fourth-order valence-corrected chi connectivity index (χ4v) is 6.73. The molecule has 6 rings (SSSR count). The number of hydrogen-bond donors (Lipinski definition) is 0. The lowest BCUT2D eigenvalue weighted by Gasteiger charge is -2.34. The molecule has 5 nitrogen and oxygen atoms in total. The van der Waals surface area contributed by atoms with Crippen molar-refractivity contribution in [1.29, 1.82) is 0 Å². The van der Waals surface area contributed by atoms with Crippen LogP contribution in [-0.2, 0) is 0 Å². The lowest BCUT2D eigenvalue weighted by molar-refractivity contribution is 1.12. The van der Waals surface area contributed by atoms with Gasteiger partial charge in [0.15, 0.2) is 11.3 Å². The van der Waals surface area contributed by atoms with Crippen LogP contribution in [0.4, 0.5) is 17.1 Å². The molecule has 220 valence electrons. The number of nitrogens with zero attached hydrogens (tertiary/aromatic N) is 5. The number of fused-ring (bicyclic) bond motifs is 1. The second-order valence-corrected chi connectivity index (χ2v) is 12.2. The van der Waals surface area contributed by atoms with Gasteiger partial charge in [0, 0.05) is 23.6 Å². The molecule has 44 heavy (non-hydrogen) atoms. The van der Waals surface area contributed by atoms with Crippen molar-refractivity contribution in [3.8, 4) is 22.4 Å². The predicted octanol–water partition coefficient (Wildman–Crippen LogP) is 10.00. The van der Waals surface area contributed by atoms with Gasteiger partial charge in [0.1, 0.15) is 0 Å². The molecule has 0 unspecified atom stereocenters. The fraction of sp³-hybridized carbons (Fsp3) is 0.231. The Balaban J connectivity index is 1.57. The van der Waals surface area contributed by atoms with E-state index in [4.69, 9.17) is 4.98 Å². The number of hydrogen-bond acceptors (Lipinski definition) is 5. The summed E-state index contributed by atoms with van der Waals surface area (Å²) >= 11 is 0. The minimum Gasteiger partial charge on any atom is -0.309 e. The molecule has 0 saturated carbocycles. The van der Waals surface area contributed by atoms with E-state index in [1.807, 2.05) is 6.20 Å². The summed E-state index contributed by atoms with van der Waals surface area (Å²) in [6, 6.07) is 20.3. The topological polar surface area (TPSA) is 54.8 Å². The lowest BCUT2D eigenvalue weighted by atomic mass is 9.89. The third-order valence-electron chi connectivity index (χ3n) is 8.80. The van der Waals surface area contributed by atoms with E-state index in [1.165, 1.54) is 72.6 Å². The third-order valence-corrected chi connectivity index (χ3v) is 8.80. The van der Waals surface area contributed by atoms with Gasteiger partial charge in [-0.15, -0.1) is 0 Å². The van der Waals surface area contributed by atoms with Crippen LogP contribution in [0, 0.1) is 62.3 Å². The zero-order valence-corrected chi connectivity index (χ0v) is 27.2. The van der Waals surface area contributed by atoms with Gasteiger partial charge >= 0.3 is 0 Å². The molecule has 2 aromatic heterocycles. The van der Waals surface area contributed by atoms with E-state index < -0.39 is 0 Å². The second kappa shape index (κ2) is 11.3. The molecule has 0 atom stereocenters. The number of benzene rings is 4. The predicted molar refractivity (Wildman–Crippen MR) is 183 cm³/mol. The Kier molecular flexibility index (Phi) is 7.50. The first-order valence-electron chi connectivity index (χ1n) is 15.1. The average Bonchev–Trinajstić information content (AvgIpc) is 2.98. The minimum atomic E-state index is 0.553. The number of anilines is 3. The van der Waals surface area contributed by atoms with E-state index in [-0.39, 0.29) is 0 Å². The number of aryl methyl sites for hydroxylation is 5. The molecule has 4 aromatic carbocycles. The normalized spacial score (nSPS) is 11.3. The molecule has 0 fully saturated rings. The summed E-state index contributed by atoms with van der Waals surface area (Å²) in [5.74, 6) is 0. The van der Waals surface area contributed by atoms with Crippen molar-refractivity contribution in [2.75, 3.05) is 4.90 Å². The van der Waals surface area contributed by atoms with E-state index in [0.717, 1.165) is 16.9 Å². The van der Waals surface area contributed by atoms with Gasteiger partial charge < -0.3 is 4.90 Å². The summed E-state index contributed by atoms with van der Waals surface area (Å²) in [4.78, 5) is 20.7. The molecular formula is C39H39N5. The SMILES string of the molecule is Cc1cc(C)cc(-c2ccc(N(c3c(C)cc(C)cc3C)c3c(C)c(C)c(-c4cnc5nccnc5n4)c(C)c3C)cc2)c1. The van der Waals surface area contributed by atoms with Crippen LogP contribution in [0.25, 0.3) is 33.7 Å². The smallest absolute Gasteiger partial charge is 0.198 e. The van der Waals surface area contributed by atoms with Crippen molar-refractivity contribution in [1.82, 2.24) is 19.9 Å². The van der Waals surface area contributed by atoms with Gasteiger partial charge in [-0.3, -0.25) is 0 Å². The Hall–Kier alpha value is -4.90. The zero-order chi connectivity index (χ0) is 31.3. The highest BCUT2D eigenvalue weighted by Crippen LogP contribution is 2.46. The van der Waals surface area contributed by atoms with E-state index in [2.05, 4.69) is 137 Å². The summed E-state index contributed by atoms with van der Waals surface area (Å²) in [5, 5.41) is 0. The minimum absolute atomic E-state index is 0.553. The summed E-state index contributed by atoms with van der Waals surface area (Å²) in [6.45, 7) is 19.8. The van der Waals surface area contributed by atoms with Crippen molar-refractivity contribution < 1.29 is 0 Å². The molecule has 0 aliphatic carbocycles. The first-order chi connectivity index (χ1) is 21.0. The van der Waals surface area contributed by atoms with Crippen LogP contribution in [-0.4, -0.2) is 19.9 Å². The molecule has 0 radical (unpaired) electrons. The molecule has 0 aliphatic heterocycles. The Labute approximate surface area is 260 Å². The Morgan fingerprint density at radius 3 is 1.64 bits per heavy atom. The molecular weight excluding hydrogens is 538 g/mol. The van der Waals surface area contributed by atoms with Gasteiger partial charge in [-0.05, 0) is 119 Å². The first-order valence-corrected chi connectivity index (χ1v) is 15.1. The summed E-state index contributed by atoms with van der Waals surface area (Å²) in [6.07, 6.45) is 5.13. The van der Waals surface area contributed by atoms with Crippen LogP contribution < -0.4 is 4.90 Å². The number of aromatic nitrogens is 4. The second-order valence-electron chi connectivity index (χ2n) is 12.2. The standard InChI is InChI=1S/C39H39N5/c1-22-16-23(2)20-32(19-22)31-10-12-33(13-11-31)44(36-25(4)17-24(3)18-26(36)5)37-29(8)27(6)35(28(7)30(37)9)34-21-42-38-39(43-34)41-15-14-40-38/h10-21H,1-9H3. The van der Waals surface area contributed by atoms with Crippen LogP contribution in [0.3, 0.4) is 0 Å². The summed E-state index contributed by atoms with van der Waals surface area (Å²) in [7, 11) is 0. The van der Waals surface area contributed by atoms with Crippen molar-refractivity contribution >= 4 is 28.4 Å². The highest BCUT2D eigenvalue weighted by molar-refractivity contribution is 5.89. The molecule has 6 aromatic rings. The van der Waals surface area contributed by atoms with Crippen LogP contribution in [0.2, 0.25) is 0 Å². The van der Waals surface area contributed by atoms with Gasteiger partial charge in [-0.2, -0.15) is 0 Å². The quantitative estimate of drug-likeness (QED) is 0.204. The van der Waals surface area contributed by atoms with Crippen LogP contribution in [0.5, 0.6) is 0 Å². The average molecular weight is 578 g/mol. The monoisotopic (exact) mass is 577 g/mol. The molecule has 0 bridgehead atoms. The highest BCUT2D eigenvalue weighted by atomic mass is 15.2. The van der Waals surface area contributed by atoms with Gasteiger partial charge in [-0.25, -0.2) is 19.9 Å². The molecule has 0 saturated heterocycles. The highest BCUT2D eigenvalue weighted by Gasteiger charge is 2.25. The largest absolute Gasteiger partial charge is 0.309 e. The fourth-order valence-electron chi connectivity index (χ4n) is 6.73. The van der Waals surface area contributed by atoms with Gasteiger partial charge in [0.05, 0.1) is 23.3 Å². The number of rotatable bonds is 5.